The van der Waals surface area contributed by atoms with E-state index < -0.39 is 6.10 Å². The van der Waals surface area contributed by atoms with Gasteiger partial charge in [-0.3, -0.25) is 14.6 Å². The Morgan fingerprint density at radius 1 is 1.06 bits per heavy atom. The Bertz CT molecular complexity index is 1010. The maximum atomic E-state index is 13.3. The first-order chi connectivity index (χ1) is 16.6. The van der Waals surface area contributed by atoms with Crippen LogP contribution in [-0.2, 0) is 19.5 Å². The lowest BCUT2D eigenvalue weighted by atomic mass is 10.00. The van der Waals surface area contributed by atoms with Crippen molar-refractivity contribution in [2.45, 2.75) is 44.5 Å². The van der Waals surface area contributed by atoms with Crippen LogP contribution in [0.3, 0.4) is 0 Å². The number of benzene rings is 2. The van der Waals surface area contributed by atoms with Gasteiger partial charge in [0.15, 0.2) is 0 Å². The third kappa shape index (κ3) is 5.13. The van der Waals surface area contributed by atoms with Gasteiger partial charge in [-0.1, -0.05) is 30.3 Å². The first kappa shape index (κ1) is 23.3. The van der Waals surface area contributed by atoms with Gasteiger partial charge in [0, 0.05) is 38.8 Å². The SMILES string of the molecule is O=C1c2ccc(CN3CCC[C@H]3CO)cc2OCCN1CC(O)CN1CCc2ccccc2C1. The number of β-amino-alcohol motifs (C(OH)–C–C–N with tert-alkyl or cyclic N) is 1. The largest absolute Gasteiger partial charge is 0.491 e. The van der Waals surface area contributed by atoms with E-state index in [1.165, 1.54) is 11.1 Å². The molecule has 3 heterocycles. The summed E-state index contributed by atoms with van der Waals surface area (Å²) in [5.74, 6) is 0.531. The molecule has 182 valence electrons. The Kier molecular flexibility index (Phi) is 7.15. The smallest absolute Gasteiger partial charge is 0.257 e. The molecule has 2 atom stereocenters. The van der Waals surface area contributed by atoms with Gasteiger partial charge in [-0.25, -0.2) is 0 Å². The number of hydrogen-bond acceptors (Lipinski definition) is 6. The number of aliphatic hydroxyl groups is 2. The predicted molar refractivity (Wildman–Crippen MR) is 130 cm³/mol. The molecule has 0 aliphatic carbocycles. The molecular weight excluding hydrogens is 430 g/mol. The van der Waals surface area contributed by atoms with E-state index in [9.17, 15) is 15.0 Å². The number of rotatable bonds is 7. The van der Waals surface area contributed by atoms with E-state index in [4.69, 9.17) is 4.74 Å². The number of fused-ring (bicyclic) bond motifs is 2. The molecular formula is C27H35N3O4. The summed E-state index contributed by atoms with van der Waals surface area (Å²) in [5.41, 5.74) is 4.36. The van der Waals surface area contributed by atoms with Gasteiger partial charge in [-0.15, -0.1) is 0 Å². The van der Waals surface area contributed by atoms with Crippen LogP contribution in [-0.4, -0.2) is 88.9 Å². The summed E-state index contributed by atoms with van der Waals surface area (Å²) in [5, 5.41) is 20.4. The third-order valence-corrected chi connectivity index (χ3v) is 7.39. The van der Waals surface area contributed by atoms with Crippen LogP contribution in [0.15, 0.2) is 42.5 Å². The molecule has 1 saturated heterocycles. The highest BCUT2D eigenvalue weighted by Gasteiger charge is 2.28. The van der Waals surface area contributed by atoms with Crippen LogP contribution in [0.5, 0.6) is 5.75 Å². The first-order valence-corrected chi connectivity index (χ1v) is 12.5. The average Bonchev–Trinajstić information content (AvgIpc) is 3.24. The second-order valence-electron chi connectivity index (χ2n) is 9.79. The Hall–Kier alpha value is -2.45. The molecule has 34 heavy (non-hydrogen) atoms. The topological polar surface area (TPSA) is 76.5 Å². The molecule has 0 radical (unpaired) electrons. The molecule has 0 saturated carbocycles. The Morgan fingerprint density at radius 3 is 2.76 bits per heavy atom. The summed E-state index contributed by atoms with van der Waals surface area (Å²) in [6.45, 7) is 5.39. The normalized spacial score (nSPS) is 22.1. The predicted octanol–water partition coefficient (Wildman–Crippen LogP) is 1.90. The molecule has 3 aliphatic rings. The minimum absolute atomic E-state index is 0.0866. The van der Waals surface area contributed by atoms with Crippen LogP contribution >= 0.6 is 0 Å². The summed E-state index contributed by atoms with van der Waals surface area (Å²) < 4.78 is 5.96. The number of ether oxygens (including phenoxy) is 1. The highest BCUT2D eigenvalue weighted by Crippen LogP contribution is 2.27. The maximum Gasteiger partial charge on any atom is 0.257 e. The number of nitrogens with zero attached hydrogens (tertiary/aromatic N) is 3. The lowest BCUT2D eigenvalue weighted by molar-refractivity contribution is 0.0501. The molecule has 0 spiro atoms. The lowest BCUT2D eigenvalue weighted by Crippen LogP contribution is -2.44. The van der Waals surface area contributed by atoms with E-state index in [1.54, 1.807) is 4.90 Å². The summed E-state index contributed by atoms with van der Waals surface area (Å²) in [6, 6.07) is 14.5. The standard InChI is InChI=1S/C27H35N3O4/c31-19-23-6-3-10-29(23)15-20-7-8-25-26(14-20)34-13-12-30(27(25)33)18-24(32)17-28-11-9-21-4-1-2-5-22(21)16-28/h1-2,4-5,7-8,14,23-24,31-32H,3,6,9-13,15-19H2/t23-,24?/m0/s1. The Morgan fingerprint density at radius 2 is 1.91 bits per heavy atom. The zero-order valence-electron chi connectivity index (χ0n) is 19.7. The van der Waals surface area contributed by atoms with Gasteiger partial charge in [0.2, 0.25) is 0 Å². The van der Waals surface area contributed by atoms with Crippen molar-refractivity contribution in [2.75, 3.05) is 45.9 Å². The maximum absolute atomic E-state index is 13.3. The minimum atomic E-state index is -0.611. The summed E-state index contributed by atoms with van der Waals surface area (Å²) in [6.07, 6.45) is 2.51. The van der Waals surface area contributed by atoms with Crippen LogP contribution in [0.1, 0.15) is 39.9 Å². The fourth-order valence-electron chi connectivity index (χ4n) is 5.54. The molecule has 7 heteroatoms. The average molecular weight is 466 g/mol. The zero-order valence-corrected chi connectivity index (χ0v) is 19.7. The van der Waals surface area contributed by atoms with Gasteiger partial charge in [-0.05, 0) is 54.6 Å². The Balaban J connectivity index is 1.20. The number of amides is 1. The van der Waals surface area contributed by atoms with Crippen LogP contribution in [0.25, 0.3) is 0 Å². The number of likely N-dealkylation sites (tertiary alicyclic amines) is 1. The van der Waals surface area contributed by atoms with Crippen LogP contribution in [0.2, 0.25) is 0 Å². The summed E-state index contributed by atoms with van der Waals surface area (Å²) in [4.78, 5) is 19.5. The quantitative estimate of drug-likeness (QED) is 0.651. The highest BCUT2D eigenvalue weighted by molar-refractivity contribution is 5.97. The lowest BCUT2D eigenvalue weighted by Gasteiger charge is -2.32. The van der Waals surface area contributed by atoms with Gasteiger partial charge in [0.05, 0.1) is 24.8 Å². The fraction of sp³-hybridized carbons (Fsp3) is 0.519. The molecule has 0 bridgehead atoms. The molecule has 2 aromatic carbocycles. The van der Waals surface area contributed by atoms with Crippen LogP contribution in [0.4, 0.5) is 0 Å². The number of carbonyl (C=O) groups excluding carboxylic acids is 1. The number of carbonyl (C=O) groups is 1. The van der Waals surface area contributed by atoms with Crippen molar-refractivity contribution < 1.29 is 19.7 Å². The van der Waals surface area contributed by atoms with Crippen molar-refractivity contribution >= 4 is 5.91 Å². The van der Waals surface area contributed by atoms with Gasteiger partial charge >= 0.3 is 0 Å². The van der Waals surface area contributed by atoms with Crippen molar-refractivity contribution in [3.8, 4) is 5.75 Å². The second-order valence-corrected chi connectivity index (χ2v) is 9.79. The van der Waals surface area contributed by atoms with Gasteiger partial charge < -0.3 is 19.8 Å². The van der Waals surface area contributed by atoms with Crippen molar-refractivity contribution in [1.82, 2.24) is 14.7 Å². The monoisotopic (exact) mass is 465 g/mol. The van der Waals surface area contributed by atoms with E-state index in [-0.39, 0.29) is 18.6 Å². The molecule has 0 aromatic heterocycles. The van der Waals surface area contributed by atoms with Crippen LogP contribution < -0.4 is 4.74 Å². The molecule has 2 N–H and O–H groups in total. The van der Waals surface area contributed by atoms with E-state index in [1.807, 2.05) is 18.2 Å². The van der Waals surface area contributed by atoms with Gasteiger partial charge in [-0.2, -0.15) is 0 Å². The number of hydrogen-bond donors (Lipinski definition) is 2. The molecule has 3 aliphatic heterocycles. The molecule has 1 amide bonds. The first-order valence-electron chi connectivity index (χ1n) is 12.5. The van der Waals surface area contributed by atoms with E-state index in [0.717, 1.165) is 51.0 Å². The molecule has 7 nitrogen and oxygen atoms in total. The molecule has 2 aromatic rings. The van der Waals surface area contributed by atoms with Crippen molar-refractivity contribution in [3.63, 3.8) is 0 Å². The van der Waals surface area contributed by atoms with Crippen molar-refractivity contribution in [2.24, 2.45) is 0 Å². The van der Waals surface area contributed by atoms with E-state index in [2.05, 4.69) is 34.1 Å². The highest BCUT2D eigenvalue weighted by atomic mass is 16.5. The Labute approximate surface area is 201 Å². The zero-order chi connectivity index (χ0) is 23.5. The molecule has 5 rings (SSSR count). The second kappa shape index (κ2) is 10.4. The van der Waals surface area contributed by atoms with Gasteiger partial charge in [0.1, 0.15) is 12.4 Å². The third-order valence-electron chi connectivity index (χ3n) is 7.39. The van der Waals surface area contributed by atoms with E-state index in [0.29, 0.717) is 37.6 Å². The van der Waals surface area contributed by atoms with Crippen molar-refractivity contribution in [1.29, 1.82) is 0 Å². The van der Waals surface area contributed by atoms with Crippen LogP contribution in [0, 0.1) is 0 Å². The van der Waals surface area contributed by atoms with E-state index >= 15 is 0 Å². The van der Waals surface area contributed by atoms with Gasteiger partial charge in [0.25, 0.3) is 5.91 Å². The summed E-state index contributed by atoms with van der Waals surface area (Å²) >= 11 is 0. The molecule has 1 unspecified atom stereocenters. The molecule has 1 fully saturated rings. The summed E-state index contributed by atoms with van der Waals surface area (Å²) in [7, 11) is 0. The number of aliphatic hydroxyl groups excluding tert-OH is 2. The minimum Gasteiger partial charge on any atom is -0.491 e. The fourth-order valence-corrected chi connectivity index (χ4v) is 5.54. The van der Waals surface area contributed by atoms with Crippen molar-refractivity contribution in [3.05, 3.63) is 64.7 Å².